The molecule has 0 aliphatic carbocycles. The summed E-state index contributed by atoms with van der Waals surface area (Å²) in [5.74, 6) is 0.221. The van der Waals surface area contributed by atoms with Gasteiger partial charge in [0.2, 0.25) is 5.91 Å². The minimum absolute atomic E-state index is 0.0423. The maximum atomic E-state index is 11.9. The van der Waals surface area contributed by atoms with E-state index in [1.54, 1.807) is 4.57 Å². The number of aromatic nitrogens is 3. The summed E-state index contributed by atoms with van der Waals surface area (Å²) in [6.07, 6.45) is 2.79. The molecule has 0 spiro atoms. The molecule has 114 valence electrons. The van der Waals surface area contributed by atoms with E-state index in [9.17, 15) is 9.59 Å². The van der Waals surface area contributed by atoms with E-state index in [4.69, 9.17) is 0 Å². The van der Waals surface area contributed by atoms with Crippen molar-refractivity contribution in [3.63, 3.8) is 0 Å². The number of amides is 1. The lowest BCUT2D eigenvalue weighted by Gasteiger charge is -2.24. The van der Waals surface area contributed by atoms with Crippen molar-refractivity contribution in [3.05, 3.63) is 10.5 Å². The largest absolute Gasteiger partial charge is 0.351 e. The molecule has 2 N–H and O–H groups in total. The highest BCUT2D eigenvalue weighted by atomic mass is 32.2. The number of hydrogen-bond donors (Lipinski definition) is 2. The first-order valence-corrected chi connectivity index (χ1v) is 7.97. The summed E-state index contributed by atoms with van der Waals surface area (Å²) in [7, 11) is 0. The third-order valence-corrected chi connectivity index (χ3v) is 4.13. The Hall–Kier alpha value is -1.24. The van der Waals surface area contributed by atoms with Crippen LogP contribution in [0.4, 0.5) is 0 Å². The molecule has 0 saturated heterocycles. The van der Waals surface area contributed by atoms with E-state index in [-0.39, 0.29) is 22.9 Å². The van der Waals surface area contributed by atoms with Crippen LogP contribution in [-0.2, 0) is 11.3 Å². The minimum Gasteiger partial charge on any atom is -0.351 e. The van der Waals surface area contributed by atoms with Crippen LogP contribution >= 0.6 is 11.8 Å². The van der Waals surface area contributed by atoms with Crippen LogP contribution in [0.5, 0.6) is 0 Å². The highest BCUT2D eigenvalue weighted by Gasteiger charge is 2.18. The van der Waals surface area contributed by atoms with Crippen LogP contribution in [0.15, 0.2) is 9.95 Å². The molecule has 20 heavy (non-hydrogen) atoms. The van der Waals surface area contributed by atoms with Gasteiger partial charge in [0.05, 0.1) is 5.75 Å². The van der Waals surface area contributed by atoms with Crippen LogP contribution in [0.2, 0.25) is 0 Å². The van der Waals surface area contributed by atoms with E-state index < -0.39 is 0 Å². The second kappa shape index (κ2) is 7.52. The average Bonchev–Trinajstić information content (AvgIpc) is 2.74. The highest BCUT2D eigenvalue weighted by Crippen LogP contribution is 2.14. The van der Waals surface area contributed by atoms with E-state index >= 15 is 0 Å². The molecule has 0 radical (unpaired) electrons. The second-order valence-corrected chi connectivity index (χ2v) is 6.33. The standard InChI is InChI=1S/C13H24N4O2S/c1-5-7-8-17-11(19)15-16-12(17)20-9-10(18)14-13(3,4)6-2/h5-9H2,1-4H3,(H,14,18)(H,15,19). The molecule has 0 bridgehead atoms. The van der Waals surface area contributed by atoms with Gasteiger partial charge in [0.15, 0.2) is 5.16 Å². The fourth-order valence-corrected chi connectivity index (χ4v) is 2.33. The average molecular weight is 300 g/mol. The summed E-state index contributed by atoms with van der Waals surface area (Å²) in [5.41, 5.74) is -0.416. The number of H-pyrrole nitrogens is 1. The Balaban J connectivity index is 2.57. The van der Waals surface area contributed by atoms with Gasteiger partial charge in [-0.05, 0) is 26.7 Å². The van der Waals surface area contributed by atoms with Crippen molar-refractivity contribution in [2.24, 2.45) is 0 Å². The molecule has 6 nitrogen and oxygen atoms in total. The topological polar surface area (TPSA) is 79.8 Å². The molecule has 0 unspecified atom stereocenters. The quantitative estimate of drug-likeness (QED) is 0.717. The molecule has 7 heteroatoms. The molecule has 1 rings (SSSR count). The maximum Gasteiger partial charge on any atom is 0.343 e. The predicted octanol–water partition coefficient (Wildman–Crippen LogP) is 1.77. The highest BCUT2D eigenvalue weighted by molar-refractivity contribution is 7.99. The lowest BCUT2D eigenvalue weighted by Crippen LogP contribution is -2.43. The zero-order valence-electron chi connectivity index (χ0n) is 12.7. The Morgan fingerprint density at radius 3 is 2.75 bits per heavy atom. The molecule has 0 saturated carbocycles. The summed E-state index contributed by atoms with van der Waals surface area (Å²) in [6, 6.07) is 0. The van der Waals surface area contributed by atoms with E-state index in [1.807, 2.05) is 20.8 Å². The summed E-state index contributed by atoms with van der Waals surface area (Å²) in [6.45, 7) is 8.71. The fourth-order valence-electron chi connectivity index (χ4n) is 1.56. The monoisotopic (exact) mass is 300 g/mol. The Labute approximate surface area is 123 Å². The van der Waals surface area contributed by atoms with Crippen LogP contribution in [0.3, 0.4) is 0 Å². The zero-order valence-corrected chi connectivity index (χ0v) is 13.5. The van der Waals surface area contributed by atoms with Crippen molar-refractivity contribution in [2.45, 2.75) is 64.2 Å². The van der Waals surface area contributed by atoms with Gasteiger partial charge in [-0.25, -0.2) is 9.89 Å². The predicted molar refractivity (Wildman–Crippen MR) is 81.0 cm³/mol. The summed E-state index contributed by atoms with van der Waals surface area (Å²) < 4.78 is 1.59. The lowest BCUT2D eigenvalue weighted by molar-refractivity contribution is -0.120. The molecule has 1 aromatic heterocycles. The summed E-state index contributed by atoms with van der Waals surface area (Å²) in [4.78, 5) is 23.5. The maximum absolute atomic E-state index is 11.9. The second-order valence-electron chi connectivity index (χ2n) is 5.39. The number of aromatic amines is 1. The smallest absolute Gasteiger partial charge is 0.343 e. The normalized spacial score (nSPS) is 11.6. The fraction of sp³-hybridized carbons (Fsp3) is 0.769. The third-order valence-electron chi connectivity index (χ3n) is 3.15. The first kappa shape index (κ1) is 16.8. The molecule has 0 aliphatic rings. The molecular formula is C13H24N4O2S. The molecule has 0 fully saturated rings. The van der Waals surface area contributed by atoms with Crippen LogP contribution < -0.4 is 11.0 Å². The van der Waals surface area contributed by atoms with Crippen molar-refractivity contribution in [1.82, 2.24) is 20.1 Å². The van der Waals surface area contributed by atoms with Crippen molar-refractivity contribution in [1.29, 1.82) is 0 Å². The first-order chi connectivity index (χ1) is 9.39. The zero-order chi connectivity index (χ0) is 15.2. The molecular weight excluding hydrogens is 276 g/mol. The molecule has 1 amide bonds. The first-order valence-electron chi connectivity index (χ1n) is 6.98. The lowest BCUT2D eigenvalue weighted by atomic mass is 10.0. The number of carbonyl (C=O) groups excluding carboxylic acids is 1. The number of hydrogen-bond acceptors (Lipinski definition) is 4. The van der Waals surface area contributed by atoms with Crippen molar-refractivity contribution < 1.29 is 4.79 Å². The Kier molecular flexibility index (Phi) is 6.32. The number of rotatable bonds is 8. The van der Waals surface area contributed by atoms with Gasteiger partial charge in [0.25, 0.3) is 0 Å². The Morgan fingerprint density at radius 2 is 2.15 bits per heavy atom. The van der Waals surface area contributed by atoms with Gasteiger partial charge < -0.3 is 5.32 Å². The molecule has 1 heterocycles. The summed E-state index contributed by atoms with van der Waals surface area (Å²) >= 11 is 1.29. The number of unbranched alkanes of at least 4 members (excludes halogenated alkanes) is 1. The molecule has 0 atom stereocenters. The van der Waals surface area contributed by atoms with Gasteiger partial charge in [-0.2, -0.15) is 0 Å². The number of thioether (sulfide) groups is 1. The van der Waals surface area contributed by atoms with Gasteiger partial charge in [-0.15, -0.1) is 5.10 Å². The van der Waals surface area contributed by atoms with Gasteiger partial charge in [0, 0.05) is 12.1 Å². The van der Waals surface area contributed by atoms with Gasteiger partial charge in [-0.3, -0.25) is 9.36 Å². The Bertz CT molecular complexity index is 493. The van der Waals surface area contributed by atoms with E-state index in [0.29, 0.717) is 11.7 Å². The molecule has 0 aromatic carbocycles. The molecule has 1 aromatic rings. The van der Waals surface area contributed by atoms with Crippen LogP contribution in [0, 0.1) is 0 Å². The van der Waals surface area contributed by atoms with Gasteiger partial charge in [0.1, 0.15) is 0 Å². The number of carbonyl (C=O) groups is 1. The minimum atomic E-state index is -0.213. The number of nitrogens with one attached hydrogen (secondary N) is 2. The number of nitrogens with zero attached hydrogens (tertiary/aromatic N) is 2. The van der Waals surface area contributed by atoms with Gasteiger partial charge >= 0.3 is 5.69 Å². The Morgan fingerprint density at radius 1 is 1.45 bits per heavy atom. The van der Waals surface area contributed by atoms with Crippen molar-refractivity contribution >= 4 is 17.7 Å². The van der Waals surface area contributed by atoms with Crippen LogP contribution in [0.25, 0.3) is 0 Å². The molecule has 0 aliphatic heterocycles. The van der Waals surface area contributed by atoms with Crippen LogP contribution in [-0.4, -0.2) is 32.0 Å². The van der Waals surface area contributed by atoms with Crippen molar-refractivity contribution in [2.75, 3.05) is 5.75 Å². The third kappa shape index (κ3) is 5.03. The SMILES string of the molecule is CCCCn1c(SCC(=O)NC(C)(C)CC)n[nH]c1=O. The summed E-state index contributed by atoms with van der Waals surface area (Å²) in [5, 5.41) is 9.94. The van der Waals surface area contributed by atoms with E-state index in [0.717, 1.165) is 19.3 Å². The van der Waals surface area contributed by atoms with Crippen molar-refractivity contribution in [3.8, 4) is 0 Å². The van der Waals surface area contributed by atoms with E-state index in [2.05, 4.69) is 22.4 Å². The van der Waals surface area contributed by atoms with Gasteiger partial charge in [-0.1, -0.05) is 32.0 Å². The van der Waals surface area contributed by atoms with Crippen LogP contribution in [0.1, 0.15) is 47.0 Å². The van der Waals surface area contributed by atoms with E-state index in [1.165, 1.54) is 11.8 Å².